The van der Waals surface area contributed by atoms with Crippen molar-refractivity contribution in [2.45, 2.75) is 72.0 Å². The molecule has 0 spiro atoms. The molecule has 5 heteroatoms. The van der Waals surface area contributed by atoms with Crippen molar-refractivity contribution in [2.75, 3.05) is 0 Å². The maximum Gasteiger partial charge on any atom is 0.107 e. The van der Waals surface area contributed by atoms with Gasteiger partial charge in [-0.3, -0.25) is 0 Å². The number of hydrogen-bond acceptors (Lipinski definition) is 3. The van der Waals surface area contributed by atoms with Crippen LogP contribution in [0.5, 0.6) is 0 Å². The van der Waals surface area contributed by atoms with Crippen LogP contribution in [0.25, 0.3) is 0 Å². The summed E-state index contributed by atoms with van der Waals surface area (Å²) >= 11 is 5.77. The summed E-state index contributed by atoms with van der Waals surface area (Å²) in [6, 6.07) is 26.5. The molecule has 0 amide bonds. The van der Waals surface area contributed by atoms with Gasteiger partial charge in [-0.05, 0) is 33.8 Å². The van der Waals surface area contributed by atoms with Crippen molar-refractivity contribution in [1.82, 2.24) is 0 Å². The van der Waals surface area contributed by atoms with Gasteiger partial charge in [0.2, 0.25) is 0 Å². The van der Waals surface area contributed by atoms with Gasteiger partial charge in [-0.25, -0.2) is 0 Å². The molecule has 3 aromatic carbocycles. The lowest BCUT2D eigenvalue weighted by atomic mass is 10.3. The normalized spacial score (nSPS) is 12.2. The molecule has 0 heterocycles. The standard InChI is InChI=1S/C27H33BS3Si/c1-19(2)29-22-13-7-10-16-25(22)32(28,26-17-11-8-14-23(26)30-20(3)4)27-18-12-9-15-24(27)31-21(5)6/h7-21H,1-6H3. The van der Waals surface area contributed by atoms with Crippen LogP contribution in [0.1, 0.15) is 41.5 Å². The lowest BCUT2D eigenvalue weighted by Crippen LogP contribution is -2.69. The number of benzene rings is 3. The highest BCUT2D eigenvalue weighted by Crippen LogP contribution is 2.29. The second-order valence-electron chi connectivity index (χ2n) is 8.80. The highest BCUT2D eigenvalue weighted by Gasteiger charge is 2.38. The van der Waals surface area contributed by atoms with Gasteiger partial charge in [0.25, 0.3) is 0 Å². The highest BCUT2D eigenvalue weighted by atomic mass is 32.2. The average Bonchev–Trinajstić information content (AvgIpc) is 2.73. The Hall–Kier alpha value is -1.01. The second kappa shape index (κ2) is 11.4. The van der Waals surface area contributed by atoms with E-state index in [1.54, 1.807) is 0 Å². The van der Waals surface area contributed by atoms with Crippen LogP contribution in [-0.4, -0.2) is 31.1 Å². The number of rotatable bonds is 9. The zero-order valence-corrected chi connectivity index (χ0v) is 23.4. The Morgan fingerprint density at radius 1 is 0.500 bits per heavy atom. The van der Waals surface area contributed by atoms with Crippen molar-refractivity contribution in [3.63, 3.8) is 0 Å². The van der Waals surface area contributed by atoms with Gasteiger partial charge < -0.3 is 0 Å². The Labute approximate surface area is 210 Å². The van der Waals surface area contributed by atoms with Gasteiger partial charge in [0.05, 0.1) is 7.44 Å². The Balaban J connectivity index is 2.36. The van der Waals surface area contributed by atoms with Crippen LogP contribution >= 0.6 is 35.3 Å². The van der Waals surface area contributed by atoms with E-state index in [1.165, 1.54) is 30.2 Å². The third-order valence-corrected chi connectivity index (χ3v) is 12.7. The first-order valence-electron chi connectivity index (χ1n) is 11.3. The average molecular weight is 493 g/mol. The third kappa shape index (κ3) is 5.91. The predicted molar refractivity (Wildman–Crippen MR) is 153 cm³/mol. The first-order chi connectivity index (χ1) is 15.2. The summed E-state index contributed by atoms with van der Waals surface area (Å²) in [5, 5.41) is 5.42. The molecular formula is C27H33BS3Si. The second-order valence-corrected chi connectivity index (χ2v) is 16.9. The molecule has 0 aromatic heterocycles. The summed E-state index contributed by atoms with van der Waals surface area (Å²) in [6.07, 6.45) is 0. The van der Waals surface area contributed by atoms with Crippen molar-refractivity contribution in [1.29, 1.82) is 0 Å². The van der Waals surface area contributed by atoms with E-state index in [0.29, 0.717) is 15.7 Å². The molecule has 32 heavy (non-hydrogen) atoms. The lowest BCUT2D eigenvalue weighted by Gasteiger charge is -2.35. The van der Waals surface area contributed by atoms with E-state index in [1.807, 2.05) is 35.3 Å². The molecule has 0 atom stereocenters. The molecule has 0 aliphatic heterocycles. The van der Waals surface area contributed by atoms with Gasteiger partial charge in [-0.1, -0.05) is 96.1 Å². The zero-order valence-electron chi connectivity index (χ0n) is 20.0. The highest BCUT2D eigenvalue weighted by molar-refractivity contribution is 8.01. The van der Waals surface area contributed by atoms with Gasteiger partial charge in [0.1, 0.15) is 7.94 Å². The van der Waals surface area contributed by atoms with Gasteiger partial charge in [-0.2, -0.15) is 0 Å². The van der Waals surface area contributed by atoms with Gasteiger partial charge in [-0.15, -0.1) is 35.3 Å². The minimum atomic E-state index is -2.77. The first kappa shape index (κ1) is 25.6. The summed E-state index contributed by atoms with van der Waals surface area (Å²) in [5.74, 6) is 0. The van der Waals surface area contributed by atoms with Crippen LogP contribution in [0, 0.1) is 0 Å². The smallest absolute Gasteiger partial charge is 0.107 e. The molecule has 0 saturated heterocycles. The molecule has 3 aromatic rings. The largest absolute Gasteiger partial charge is 0.123 e. The van der Waals surface area contributed by atoms with E-state index >= 15 is 0 Å². The Morgan fingerprint density at radius 2 is 0.750 bits per heavy atom. The SMILES string of the molecule is [B][Si](c1ccccc1SC(C)C)(c1ccccc1SC(C)C)c1ccccc1SC(C)C. The van der Waals surface area contributed by atoms with E-state index in [0.717, 1.165) is 0 Å². The Bertz CT molecular complexity index is 903. The van der Waals surface area contributed by atoms with Gasteiger partial charge in [0, 0.05) is 30.4 Å². The molecule has 0 aliphatic carbocycles. The molecule has 166 valence electrons. The van der Waals surface area contributed by atoms with Gasteiger partial charge in [0.15, 0.2) is 0 Å². The number of hydrogen-bond donors (Lipinski definition) is 0. The van der Waals surface area contributed by atoms with E-state index in [-0.39, 0.29) is 0 Å². The summed E-state index contributed by atoms with van der Waals surface area (Å²) in [5.41, 5.74) is 0. The van der Waals surface area contributed by atoms with Crippen LogP contribution in [0.3, 0.4) is 0 Å². The van der Waals surface area contributed by atoms with E-state index in [9.17, 15) is 0 Å². The maximum absolute atomic E-state index is 7.79. The fourth-order valence-corrected chi connectivity index (χ4v) is 11.8. The number of thioether (sulfide) groups is 3. The maximum atomic E-state index is 7.79. The summed E-state index contributed by atoms with van der Waals surface area (Å²) in [6.45, 7) is 13.5. The first-order valence-corrected chi connectivity index (χ1v) is 16.0. The topological polar surface area (TPSA) is 0 Å². The predicted octanol–water partition coefficient (Wildman–Crippen LogP) is 6.32. The molecule has 0 nitrogen and oxygen atoms in total. The van der Waals surface area contributed by atoms with Crippen molar-refractivity contribution in [3.05, 3.63) is 72.8 Å². The summed E-state index contributed by atoms with van der Waals surface area (Å²) in [7, 11) is 5.02. The molecule has 0 fully saturated rings. The van der Waals surface area contributed by atoms with Crippen LogP contribution in [-0.2, 0) is 0 Å². The molecular weight excluding hydrogens is 459 g/mol. The lowest BCUT2D eigenvalue weighted by molar-refractivity contribution is 1.11. The van der Waals surface area contributed by atoms with E-state index in [2.05, 4.69) is 114 Å². The minimum absolute atomic E-state index is 0.495. The quantitative estimate of drug-likeness (QED) is 0.195. The van der Waals surface area contributed by atoms with E-state index < -0.39 is 7.94 Å². The van der Waals surface area contributed by atoms with Crippen molar-refractivity contribution >= 4 is 66.2 Å². The summed E-state index contributed by atoms with van der Waals surface area (Å²) in [4.78, 5) is 3.93. The molecule has 0 unspecified atom stereocenters. The van der Waals surface area contributed by atoms with Crippen LogP contribution in [0.2, 0.25) is 0 Å². The molecule has 3 rings (SSSR count). The molecule has 0 N–H and O–H groups in total. The van der Waals surface area contributed by atoms with Crippen molar-refractivity contribution in [2.24, 2.45) is 0 Å². The Morgan fingerprint density at radius 3 is 1.00 bits per heavy atom. The van der Waals surface area contributed by atoms with E-state index in [4.69, 9.17) is 7.44 Å². The molecule has 0 saturated carbocycles. The molecule has 0 bridgehead atoms. The minimum Gasteiger partial charge on any atom is -0.123 e. The molecule has 0 aliphatic rings. The van der Waals surface area contributed by atoms with Crippen LogP contribution in [0.15, 0.2) is 87.5 Å². The van der Waals surface area contributed by atoms with Crippen molar-refractivity contribution < 1.29 is 0 Å². The molecule has 2 radical (unpaired) electrons. The fraction of sp³-hybridized carbons (Fsp3) is 0.333. The fourth-order valence-electron chi connectivity index (χ4n) is 3.88. The monoisotopic (exact) mass is 492 g/mol. The van der Waals surface area contributed by atoms with Crippen LogP contribution in [0.4, 0.5) is 0 Å². The van der Waals surface area contributed by atoms with Crippen molar-refractivity contribution in [3.8, 4) is 0 Å². The Kier molecular flexibility index (Phi) is 9.14. The van der Waals surface area contributed by atoms with Crippen LogP contribution < -0.4 is 15.6 Å². The zero-order chi connectivity index (χ0) is 23.3. The summed E-state index contributed by atoms with van der Waals surface area (Å²) < 4.78 is 0. The van der Waals surface area contributed by atoms with Gasteiger partial charge >= 0.3 is 0 Å². The third-order valence-electron chi connectivity index (χ3n) is 5.02.